The van der Waals surface area contributed by atoms with Crippen molar-refractivity contribution < 1.29 is 4.79 Å². The van der Waals surface area contributed by atoms with Gasteiger partial charge in [-0.1, -0.05) is 18.2 Å². The fourth-order valence-electron chi connectivity index (χ4n) is 4.17. The Morgan fingerprint density at radius 3 is 2.68 bits per heavy atom. The number of hydrogen-bond donors (Lipinski definition) is 0. The third-order valence-corrected chi connectivity index (χ3v) is 6.06. The first-order valence-electron chi connectivity index (χ1n) is 11.3. The monoisotopic (exact) mass is 419 g/mol. The van der Waals surface area contributed by atoms with Crippen molar-refractivity contribution in [1.29, 1.82) is 0 Å². The summed E-state index contributed by atoms with van der Waals surface area (Å²) < 4.78 is 3.82. The molecule has 0 radical (unpaired) electrons. The topological polar surface area (TPSA) is 72.1 Å². The van der Waals surface area contributed by atoms with Crippen LogP contribution in [0.1, 0.15) is 54.1 Å². The largest absolute Gasteiger partial charge is 0.335 e. The highest BCUT2D eigenvalue weighted by Gasteiger charge is 2.32. The van der Waals surface area contributed by atoms with Crippen LogP contribution >= 0.6 is 0 Å². The number of hydrogen-bond acceptors (Lipinski definition) is 5. The molecule has 0 atom stereocenters. The second-order valence-corrected chi connectivity index (χ2v) is 8.44. The van der Waals surface area contributed by atoms with Gasteiger partial charge in [0.2, 0.25) is 5.82 Å². The first-order valence-corrected chi connectivity index (χ1v) is 11.3. The Labute approximate surface area is 182 Å². The maximum Gasteiger partial charge on any atom is 0.293 e. The van der Waals surface area contributed by atoms with Gasteiger partial charge in [0.1, 0.15) is 5.82 Å². The molecule has 2 aliphatic rings. The Balaban J connectivity index is 1.28. The van der Waals surface area contributed by atoms with Crippen LogP contribution in [-0.2, 0) is 13.1 Å². The van der Waals surface area contributed by atoms with E-state index in [9.17, 15) is 4.79 Å². The maximum atomic E-state index is 13.3. The fraction of sp³-hybridized carbons (Fsp3) is 0.478. The third kappa shape index (κ3) is 4.39. The van der Waals surface area contributed by atoms with E-state index in [1.165, 1.54) is 5.56 Å². The van der Waals surface area contributed by atoms with Crippen molar-refractivity contribution in [1.82, 2.24) is 34.3 Å². The second-order valence-electron chi connectivity index (χ2n) is 8.44. The fourth-order valence-corrected chi connectivity index (χ4v) is 4.17. The van der Waals surface area contributed by atoms with Gasteiger partial charge in [-0.25, -0.2) is 9.67 Å². The molecule has 1 aliphatic carbocycles. The summed E-state index contributed by atoms with van der Waals surface area (Å²) in [5.41, 5.74) is 2.18. The zero-order valence-corrected chi connectivity index (χ0v) is 18.0. The smallest absolute Gasteiger partial charge is 0.293 e. The van der Waals surface area contributed by atoms with Crippen LogP contribution in [0, 0.1) is 0 Å². The summed E-state index contributed by atoms with van der Waals surface area (Å²) in [6, 6.07) is 9.99. The SMILES string of the molecule is CCn1cc(CN2CCCN(C(=O)c3nc(C4CC4)n(-c4ccccc4)n3)CC2)cn1. The molecular weight excluding hydrogens is 390 g/mol. The van der Waals surface area contributed by atoms with Gasteiger partial charge in [0, 0.05) is 56.9 Å². The zero-order chi connectivity index (χ0) is 21.2. The van der Waals surface area contributed by atoms with E-state index in [1.54, 1.807) is 0 Å². The van der Waals surface area contributed by atoms with Gasteiger partial charge in [-0.05, 0) is 38.3 Å². The summed E-state index contributed by atoms with van der Waals surface area (Å²) in [5, 5.41) is 9.00. The van der Waals surface area contributed by atoms with Crippen LogP contribution in [0.5, 0.6) is 0 Å². The summed E-state index contributed by atoms with van der Waals surface area (Å²) >= 11 is 0. The minimum Gasteiger partial charge on any atom is -0.335 e. The number of benzene rings is 1. The van der Waals surface area contributed by atoms with Gasteiger partial charge >= 0.3 is 0 Å². The van der Waals surface area contributed by atoms with E-state index in [2.05, 4.69) is 33.2 Å². The average molecular weight is 420 g/mol. The van der Waals surface area contributed by atoms with E-state index in [0.717, 1.165) is 63.5 Å². The summed E-state index contributed by atoms with van der Waals surface area (Å²) in [5.74, 6) is 1.59. The van der Waals surface area contributed by atoms with Crippen molar-refractivity contribution in [2.75, 3.05) is 26.2 Å². The number of nitrogens with zero attached hydrogens (tertiary/aromatic N) is 7. The Hall–Kier alpha value is -3.00. The summed E-state index contributed by atoms with van der Waals surface area (Å²) in [7, 11) is 0. The van der Waals surface area contributed by atoms with Crippen LogP contribution in [0.4, 0.5) is 0 Å². The molecule has 1 aliphatic heterocycles. The molecule has 2 fully saturated rings. The molecule has 0 unspecified atom stereocenters. The van der Waals surface area contributed by atoms with Crippen molar-refractivity contribution in [2.45, 2.75) is 45.2 Å². The Morgan fingerprint density at radius 1 is 1.10 bits per heavy atom. The number of para-hydroxylation sites is 1. The lowest BCUT2D eigenvalue weighted by Crippen LogP contribution is -2.35. The number of aromatic nitrogens is 5. The highest BCUT2D eigenvalue weighted by atomic mass is 16.2. The Morgan fingerprint density at radius 2 is 1.94 bits per heavy atom. The van der Waals surface area contributed by atoms with E-state index in [-0.39, 0.29) is 5.91 Å². The molecule has 5 rings (SSSR count). The lowest BCUT2D eigenvalue weighted by molar-refractivity contribution is 0.0749. The molecule has 2 aromatic heterocycles. The first-order chi connectivity index (χ1) is 15.2. The molecular formula is C23H29N7O. The Bertz CT molecular complexity index is 1040. The standard InChI is InChI=1S/C23H29N7O/c1-2-29-17-18(15-24-29)16-27-11-6-12-28(14-13-27)23(31)21-25-22(19-9-10-19)30(26-21)20-7-4-3-5-8-20/h3-5,7-8,15,17,19H,2,6,9-14,16H2,1H3. The molecule has 8 heteroatoms. The van der Waals surface area contributed by atoms with Gasteiger partial charge < -0.3 is 4.90 Å². The highest BCUT2D eigenvalue weighted by Crippen LogP contribution is 2.39. The van der Waals surface area contributed by atoms with Crippen molar-refractivity contribution in [3.63, 3.8) is 0 Å². The van der Waals surface area contributed by atoms with Crippen LogP contribution in [0.3, 0.4) is 0 Å². The number of amides is 1. The molecule has 1 saturated carbocycles. The van der Waals surface area contributed by atoms with Crippen molar-refractivity contribution in [3.8, 4) is 5.69 Å². The van der Waals surface area contributed by atoms with E-state index in [0.29, 0.717) is 18.3 Å². The minimum absolute atomic E-state index is 0.0581. The molecule has 1 saturated heterocycles. The van der Waals surface area contributed by atoms with Gasteiger partial charge in [0.15, 0.2) is 0 Å². The van der Waals surface area contributed by atoms with Gasteiger partial charge in [-0.2, -0.15) is 5.10 Å². The highest BCUT2D eigenvalue weighted by molar-refractivity contribution is 5.90. The lowest BCUT2D eigenvalue weighted by Gasteiger charge is -2.20. The van der Waals surface area contributed by atoms with Crippen LogP contribution in [0.25, 0.3) is 5.69 Å². The van der Waals surface area contributed by atoms with E-state index >= 15 is 0 Å². The van der Waals surface area contributed by atoms with Crippen LogP contribution < -0.4 is 0 Å². The van der Waals surface area contributed by atoms with Gasteiger partial charge in [0.25, 0.3) is 5.91 Å². The third-order valence-electron chi connectivity index (χ3n) is 6.06. The summed E-state index contributed by atoms with van der Waals surface area (Å²) in [6.45, 7) is 7.09. The molecule has 3 aromatic rings. The van der Waals surface area contributed by atoms with Crippen LogP contribution in [0.15, 0.2) is 42.7 Å². The first kappa shape index (κ1) is 19.9. The number of carbonyl (C=O) groups is 1. The van der Waals surface area contributed by atoms with Crippen molar-refractivity contribution in [3.05, 3.63) is 59.9 Å². The second kappa shape index (κ2) is 8.63. The number of rotatable bonds is 6. The van der Waals surface area contributed by atoms with Gasteiger partial charge in [-0.3, -0.25) is 14.4 Å². The van der Waals surface area contributed by atoms with Crippen molar-refractivity contribution in [2.24, 2.45) is 0 Å². The van der Waals surface area contributed by atoms with Gasteiger partial charge in [0.05, 0.1) is 11.9 Å². The van der Waals surface area contributed by atoms with Gasteiger partial charge in [-0.15, -0.1) is 5.10 Å². The zero-order valence-electron chi connectivity index (χ0n) is 18.0. The van der Waals surface area contributed by atoms with E-state index in [4.69, 9.17) is 0 Å². The summed E-state index contributed by atoms with van der Waals surface area (Å²) in [4.78, 5) is 22.3. The predicted molar refractivity (Wildman–Crippen MR) is 117 cm³/mol. The Kier molecular flexibility index (Phi) is 5.55. The molecule has 162 valence electrons. The molecule has 0 bridgehead atoms. The normalized spacial score (nSPS) is 17.6. The molecule has 8 nitrogen and oxygen atoms in total. The number of aryl methyl sites for hydroxylation is 1. The van der Waals surface area contributed by atoms with E-state index in [1.807, 2.05) is 50.8 Å². The lowest BCUT2D eigenvalue weighted by atomic mass is 10.3. The van der Waals surface area contributed by atoms with Crippen molar-refractivity contribution >= 4 is 5.91 Å². The molecule has 1 aromatic carbocycles. The predicted octanol–water partition coefficient (Wildman–Crippen LogP) is 2.71. The number of carbonyl (C=O) groups excluding carboxylic acids is 1. The quantitative estimate of drug-likeness (QED) is 0.614. The molecule has 31 heavy (non-hydrogen) atoms. The summed E-state index contributed by atoms with van der Waals surface area (Å²) in [6.07, 6.45) is 7.23. The van der Waals surface area contributed by atoms with E-state index < -0.39 is 0 Å². The molecule has 1 amide bonds. The molecule has 0 spiro atoms. The minimum atomic E-state index is -0.0581. The van der Waals surface area contributed by atoms with Crippen LogP contribution in [-0.4, -0.2) is 66.4 Å². The van der Waals surface area contributed by atoms with Crippen LogP contribution in [0.2, 0.25) is 0 Å². The molecule has 0 N–H and O–H groups in total. The molecule has 3 heterocycles. The average Bonchev–Trinajstić information content (AvgIpc) is 3.46. The maximum absolute atomic E-state index is 13.3.